The van der Waals surface area contributed by atoms with Crippen LogP contribution in [0.3, 0.4) is 0 Å². The third-order valence-corrected chi connectivity index (χ3v) is 4.64. The molecule has 6 nitrogen and oxygen atoms in total. The average molecular weight is 363 g/mol. The molecule has 4 rings (SSSR count). The van der Waals surface area contributed by atoms with Gasteiger partial charge in [-0.2, -0.15) is 0 Å². The van der Waals surface area contributed by atoms with Crippen molar-refractivity contribution in [1.82, 2.24) is 0 Å². The van der Waals surface area contributed by atoms with E-state index >= 15 is 0 Å². The number of amides is 1. The van der Waals surface area contributed by atoms with Crippen molar-refractivity contribution < 1.29 is 18.7 Å². The molecule has 0 aliphatic carbocycles. The number of hydrogen-bond donors (Lipinski definition) is 0. The molecule has 2 aromatic carbocycles. The molecule has 0 saturated heterocycles. The van der Waals surface area contributed by atoms with Gasteiger partial charge in [0.05, 0.1) is 5.39 Å². The van der Waals surface area contributed by atoms with E-state index in [4.69, 9.17) is 9.15 Å². The number of nitrogens with zero attached hydrogens (tertiary/aromatic N) is 1. The number of anilines is 1. The summed E-state index contributed by atoms with van der Waals surface area (Å²) < 4.78 is 10.5. The molecule has 136 valence electrons. The number of fused-ring (bicyclic) bond motifs is 2. The molecule has 0 radical (unpaired) electrons. The first kappa shape index (κ1) is 17.0. The summed E-state index contributed by atoms with van der Waals surface area (Å²) in [7, 11) is 0. The van der Waals surface area contributed by atoms with E-state index in [9.17, 15) is 14.4 Å². The summed E-state index contributed by atoms with van der Waals surface area (Å²) in [6.45, 7) is 1.52. The number of ether oxygens (including phenoxy) is 1. The Morgan fingerprint density at radius 3 is 2.74 bits per heavy atom. The Kier molecular flexibility index (Phi) is 4.24. The van der Waals surface area contributed by atoms with Crippen molar-refractivity contribution in [2.45, 2.75) is 19.4 Å². The predicted molar refractivity (Wildman–Crippen MR) is 99.9 cm³/mol. The number of rotatable bonds is 3. The van der Waals surface area contributed by atoms with Crippen molar-refractivity contribution in [3.05, 3.63) is 76.1 Å². The van der Waals surface area contributed by atoms with Gasteiger partial charge in [-0.25, -0.2) is 4.79 Å². The number of benzene rings is 2. The first-order valence-corrected chi connectivity index (χ1v) is 8.64. The van der Waals surface area contributed by atoms with Crippen LogP contribution in [0.4, 0.5) is 5.69 Å². The smallest absolute Gasteiger partial charge is 0.374 e. The lowest BCUT2D eigenvalue weighted by molar-refractivity contribution is -0.122. The van der Waals surface area contributed by atoms with Gasteiger partial charge in [-0.05, 0) is 37.1 Å². The SMILES string of the molecule is C[C@H]1Cc2ccccc2N1C(=O)COC(=O)c1cc(=O)c2ccccc2o1. The fourth-order valence-corrected chi connectivity index (χ4v) is 3.42. The van der Waals surface area contributed by atoms with Crippen LogP contribution in [-0.4, -0.2) is 24.5 Å². The normalized spacial score (nSPS) is 15.6. The summed E-state index contributed by atoms with van der Waals surface area (Å²) in [6.07, 6.45) is 0.759. The Morgan fingerprint density at radius 2 is 1.89 bits per heavy atom. The number of hydrogen-bond acceptors (Lipinski definition) is 5. The quantitative estimate of drug-likeness (QED) is 0.669. The van der Waals surface area contributed by atoms with Crippen LogP contribution in [0.2, 0.25) is 0 Å². The van der Waals surface area contributed by atoms with Crippen LogP contribution in [0.5, 0.6) is 0 Å². The highest BCUT2D eigenvalue weighted by Crippen LogP contribution is 2.31. The van der Waals surface area contributed by atoms with Gasteiger partial charge in [-0.1, -0.05) is 30.3 Å². The highest BCUT2D eigenvalue weighted by molar-refractivity contribution is 5.98. The van der Waals surface area contributed by atoms with Gasteiger partial charge in [-0.3, -0.25) is 9.59 Å². The first-order chi connectivity index (χ1) is 13.0. The van der Waals surface area contributed by atoms with Crippen LogP contribution in [0.1, 0.15) is 23.0 Å². The van der Waals surface area contributed by atoms with Crippen molar-refractivity contribution in [3.8, 4) is 0 Å². The summed E-state index contributed by atoms with van der Waals surface area (Å²) in [5.74, 6) is -1.38. The molecular weight excluding hydrogens is 346 g/mol. The second-order valence-corrected chi connectivity index (χ2v) is 6.49. The van der Waals surface area contributed by atoms with Crippen LogP contribution < -0.4 is 10.3 Å². The van der Waals surface area contributed by atoms with Crippen LogP contribution >= 0.6 is 0 Å². The van der Waals surface area contributed by atoms with Crippen LogP contribution in [0.15, 0.2) is 63.8 Å². The van der Waals surface area contributed by atoms with Gasteiger partial charge in [0.25, 0.3) is 5.91 Å². The molecule has 2 heterocycles. The molecule has 0 bridgehead atoms. The van der Waals surface area contributed by atoms with Crippen molar-refractivity contribution in [2.24, 2.45) is 0 Å². The van der Waals surface area contributed by atoms with Crippen LogP contribution in [0.25, 0.3) is 11.0 Å². The Morgan fingerprint density at radius 1 is 1.15 bits per heavy atom. The summed E-state index contributed by atoms with van der Waals surface area (Å²) >= 11 is 0. The molecule has 0 spiro atoms. The number of carbonyl (C=O) groups is 2. The molecule has 0 unspecified atom stereocenters. The molecule has 1 aromatic heterocycles. The molecule has 1 aliphatic heterocycles. The van der Waals surface area contributed by atoms with Crippen LogP contribution in [0, 0.1) is 0 Å². The monoisotopic (exact) mass is 363 g/mol. The molecule has 0 N–H and O–H groups in total. The molecule has 1 aliphatic rings. The Hall–Kier alpha value is -3.41. The Labute approximate surface area is 155 Å². The molecular formula is C21H17NO5. The predicted octanol–water partition coefficient (Wildman–Crippen LogP) is 2.93. The molecule has 0 fully saturated rings. The number of esters is 1. The van der Waals surface area contributed by atoms with E-state index < -0.39 is 12.6 Å². The largest absolute Gasteiger partial charge is 0.450 e. The van der Waals surface area contributed by atoms with Gasteiger partial charge in [0.1, 0.15) is 5.58 Å². The lowest BCUT2D eigenvalue weighted by atomic mass is 10.1. The third kappa shape index (κ3) is 3.10. The highest BCUT2D eigenvalue weighted by Gasteiger charge is 2.31. The van der Waals surface area contributed by atoms with E-state index in [1.54, 1.807) is 29.2 Å². The second-order valence-electron chi connectivity index (χ2n) is 6.49. The van der Waals surface area contributed by atoms with E-state index in [1.807, 2.05) is 31.2 Å². The highest BCUT2D eigenvalue weighted by atomic mass is 16.5. The van der Waals surface area contributed by atoms with E-state index in [0.717, 1.165) is 23.7 Å². The van der Waals surface area contributed by atoms with Gasteiger partial charge >= 0.3 is 5.97 Å². The topological polar surface area (TPSA) is 76.8 Å². The van der Waals surface area contributed by atoms with Crippen molar-refractivity contribution in [2.75, 3.05) is 11.5 Å². The molecule has 3 aromatic rings. The summed E-state index contributed by atoms with van der Waals surface area (Å²) in [6, 6.07) is 15.4. The zero-order chi connectivity index (χ0) is 19.0. The van der Waals surface area contributed by atoms with E-state index in [-0.39, 0.29) is 23.1 Å². The number of carbonyl (C=O) groups excluding carboxylic acids is 2. The first-order valence-electron chi connectivity index (χ1n) is 8.64. The molecule has 1 atom stereocenters. The van der Waals surface area contributed by atoms with Gasteiger partial charge < -0.3 is 14.1 Å². The van der Waals surface area contributed by atoms with Gasteiger partial charge in [-0.15, -0.1) is 0 Å². The maximum absolute atomic E-state index is 12.6. The van der Waals surface area contributed by atoms with Crippen LogP contribution in [-0.2, 0) is 16.0 Å². The summed E-state index contributed by atoms with van der Waals surface area (Å²) in [5.41, 5.74) is 1.89. The third-order valence-electron chi connectivity index (χ3n) is 4.64. The zero-order valence-corrected chi connectivity index (χ0v) is 14.7. The van der Waals surface area contributed by atoms with Gasteiger partial charge in [0.15, 0.2) is 12.0 Å². The Balaban J connectivity index is 1.50. The number of para-hydroxylation sites is 2. The minimum Gasteiger partial charge on any atom is -0.450 e. The minimum atomic E-state index is -0.841. The van der Waals surface area contributed by atoms with Crippen molar-refractivity contribution in [1.29, 1.82) is 0 Å². The lowest BCUT2D eigenvalue weighted by Crippen LogP contribution is -2.38. The second kappa shape index (κ2) is 6.72. The summed E-state index contributed by atoms with van der Waals surface area (Å²) in [4.78, 5) is 38.6. The van der Waals surface area contributed by atoms with Gasteiger partial charge in [0, 0.05) is 17.8 Å². The maximum Gasteiger partial charge on any atom is 0.374 e. The Bertz CT molecular complexity index is 1100. The molecule has 27 heavy (non-hydrogen) atoms. The molecule has 0 saturated carbocycles. The van der Waals surface area contributed by atoms with Crippen molar-refractivity contribution in [3.63, 3.8) is 0 Å². The van der Waals surface area contributed by atoms with Gasteiger partial charge in [0.2, 0.25) is 5.76 Å². The maximum atomic E-state index is 12.6. The fourth-order valence-electron chi connectivity index (χ4n) is 3.42. The molecule has 1 amide bonds. The standard InChI is InChI=1S/C21H17NO5/c1-13-10-14-6-2-4-8-16(14)22(13)20(24)12-26-21(25)19-11-17(23)15-7-3-5-9-18(15)27-19/h2-9,11,13H,10,12H2,1H3/t13-/m0/s1. The molecule has 6 heteroatoms. The summed E-state index contributed by atoms with van der Waals surface area (Å²) in [5, 5.41) is 0.382. The van der Waals surface area contributed by atoms with E-state index in [1.165, 1.54) is 0 Å². The zero-order valence-electron chi connectivity index (χ0n) is 14.7. The minimum absolute atomic E-state index is 0.00722. The lowest BCUT2D eigenvalue weighted by Gasteiger charge is -2.22. The fraction of sp³-hybridized carbons (Fsp3) is 0.190. The van der Waals surface area contributed by atoms with Crippen molar-refractivity contribution >= 4 is 28.5 Å². The average Bonchev–Trinajstić information content (AvgIpc) is 3.01. The van der Waals surface area contributed by atoms with E-state index in [0.29, 0.717) is 11.0 Å². The van der Waals surface area contributed by atoms with E-state index in [2.05, 4.69) is 0 Å².